The van der Waals surface area contributed by atoms with Gasteiger partial charge in [-0.15, -0.1) is 23.7 Å². The summed E-state index contributed by atoms with van der Waals surface area (Å²) >= 11 is 1.50. The zero-order valence-corrected chi connectivity index (χ0v) is 15.4. The summed E-state index contributed by atoms with van der Waals surface area (Å²) in [6.07, 6.45) is 1.56. The van der Waals surface area contributed by atoms with Gasteiger partial charge in [0.2, 0.25) is 0 Å². The maximum Gasteiger partial charge on any atom is 0.273 e. The summed E-state index contributed by atoms with van der Waals surface area (Å²) in [7, 11) is 1.84. The van der Waals surface area contributed by atoms with Gasteiger partial charge in [-0.25, -0.2) is 4.98 Å². The Morgan fingerprint density at radius 3 is 2.61 bits per heavy atom. The molecule has 2 rings (SSSR count). The Balaban J connectivity index is 0.00000264. The largest absolute Gasteiger partial charge is 0.337 e. The summed E-state index contributed by atoms with van der Waals surface area (Å²) < 4.78 is 0. The number of hydrogen-bond acceptors (Lipinski definition) is 4. The standard InChI is InChI=1S/C17H23N3OS.ClH/c1-12-4-6-14(7-5-12)10-13(2)20(3)17(21)15-11-22-16(19-15)8-9-18;/h4-7,11,13H,8-10,18H2,1-3H3;1H. The molecule has 1 unspecified atom stereocenters. The molecule has 0 spiro atoms. The van der Waals surface area contributed by atoms with Gasteiger partial charge in [-0.3, -0.25) is 4.79 Å². The van der Waals surface area contributed by atoms with Crippen molar-refractivity contribution in [2.45, 2.75) is 32.7 Å². The maximum absolute atomic E-state index is 12.5. The SMILES string of the molecule is Cc1ccc(CC(C)N(C)C(=O)c2csc(CCN)n2)cc1.Cl. The highest BCUT2D eigenvalue weighted by molar-refractivity contribution is 7.09. The second kappa shape index (κ2) is 9.01. The van der Waals surface area contributed by atoms with Crippen molar-refractivity contribution in [3.63, 3.8) is 0 Å². The van der Waals surface area contributed by atoms with Crippen LogP contribution in [0.4, 0.5) is 0 Å². The molecule has 0 aliphatic heterocycles. The fourth-order valence-corrected chi connectivity index (χ4v) is 3.02. The highest BCUT2D eigenvalue weighted by Gasteiger charge is 2.20. The van der Waals surface area contributed by atoms with E-state index >= 15 is 0 Å². The third-order valence-electron chi connectivity index (χ3n) is 3.76. The first-order valence-corrected chi connectivity index (χ1v) is 8.36. The van der Waals surface area contributed by atoms with Gasteiger partial charge in [0, 0.05) is 24.9 Å². The number of aryl methyl sites for hydroxylation is 1. The number of hydrogen-bond donors (Lipinski definition) is 1. The van der Waals surface area contributed by atoms with E-state index in [2.05, 4.69) is 43.1 Å². The minimum Gasteiger partial charge on any atom is -0.337 e. The first kappa shape index (κ1) is 19.6. The molecule has 0 saturated heterocycles. The van der Waals surface area contributed by atoms with E-state index in [0.29, 0.717) is 12.2 Å². The molecular formula is C17H24ClN3OS. The van der Waals surface area contributed by atoms with Crippen LogP contribution in [0.25, 0.3) is 0 Å². The zero-order chi connectivity index (χ0) is 16.1. The Bertz CT molecular complexity index is 627. The fourth-order valence-electron chi connectivity index (χ4n) is 2.23. The average molecular weight is 354 g/mol. The summed E-state index contributed by atoms with van der Waals surface area (Å²) in [6, 6.07) is 8.56. The quantitative estimate of drug-likeness (QED) is 0.868. The normalized spacial score (nSPS) is 11.7. The van der Waals surface area contributed by atoms with Crippen molar-refractivity contribution in [1.82, 2.24) is 9.88 Å². The van der Waals surface area contributed by atoms with Crippen molar-refractivity contribution in [2.24, 2.45) is 5.73 Å². The fraction of sp³-hybridized carbons (Fsp3) is 0.412. The number of carbonyl (C=O) groups is 1. The smallest absolute Gasteiger partial charge is 0.273 e. The van der Waals surface area contributed by atoms with E-state index in [1.54, 1.807) is 4.90 Å². The highest BCUT2D eigenvalue weighted by atomic mass is 35.5. The zero-order valence-electron chi connectivity index (χ0n) is 13.8. The van der Waals surface area contributed by atoms with Gasteiger partial charge in [-0.1, -0.05) is 29.8 Å². The van der Waals surface area contributed by atoms with E-state index in [1.807, 2.05) is 12.4 Å². The van der Waals surface area contributed by atoms with E-state index in [-0.39, 0.29) is 24.4 Å². The lowest BCUT2D eigenvalue weighted by atomic mass is 10.0. The third kappa shape index (κ3) is 5.30. The Labute approximate surface area is 148 Å². The molecule has 1 aromatic heterocycles. The lowest BCUT2D eigenvalue weighted by Gasteiger charge is -2.24. The number of thiazole rings is 1. The van der Waals surface area contributed by atoms with E-state index < -0.39 is 0 Å². The number of nitrogens with zero attached hydrogens (tertiary/aromatic N) is 2. The molecule has 6 heteroatoms. The van der Waals surface area contributed by atoms with E-state index in [9.17, 15) is 4.79 Å². The van der Waals surface area contributed by atoms with Crippen LogP contribution in [0.3, 0.4) is 0 Å². The summed E-state index contributed by atoms with van der Waals surface area (Å²) in [5.41, 5.74) is 8.52. The molecule has 1 aromatic carbocycles. The van der Waals surface area contributed by atoms with Gasteiger partial charge in [-0.05, 0) is 32.4 Å². The number of rotatable bonds is 6. The molecule has 4 nitrogen and oxygen atoms in total. The van der Waals surface area contributed by atoms with Gasteiger partial charge >= 0.3 is 0 Å². The molecule has 0 bridgehead atoms. The number of aromatic nitrogens is 1. The number of benzene rings is 1. The van der Waals surface area contributed by atoms with Gasteiger partial charge < -0.3 is 10.6 Å². The van der Waals surface area contributed by atoms with Crippen molar-refractivity contribution >= 4 is 29.7 Å². The Morgan fingerprint density at radius 2 is 2.00 bits per heavy atom. The molecule has 2 aromatic rings. The summed E-state index contributed by atoms with van der Waals surface area (Å²) in [5, 5.41) is 2.74. The summed E-state index contributed by atoms with van der Waals surface area (Å²) in [4.78, 5) is 18.6. The number of carbonyl (C=O) groups excluding carboxylic acids is 1. The number of halogens is 1. The topological polar surface area (TPSA) is 59.2 Å². The molecule has 1 heterocycles. The van der Waals surface area contributed by atoms with Gasteiger partial charge in [0.25, 0.3) is 5.91 Å². The van der Waals surface area contributed by atoms with Crippen molar-refractivity contribution in [2.75, 3.05) is 13.6 Å². The lowest BCUT2D eigenvalue weighted by Crippen LogP contribution is -2.36. The first-order valence-electron chi connectivity index (χ1n) is 7.48. The second-order valence-corrected chi connectivity index (χ2v) is 6.56. The first-order chi connectivity index (χ1) is 10.5. The summed E-state index contributed by atoms with van der Waals surface area (Å²) in [5.74, 6) is -0.0286. The van der Waals surface area contributed by atoms with Gasteiger partial charge in [0.1, 0.15) is 5.69 Å². The molecule has 23 heavy (non-hydrogen) atoms. The van der Waals surface area contributed by atoms with Crippen LogP contribution in [-0.2, 0) is 12.8 Å². The van der Waals surface area contributed by atoms with E-state index in [0.717, 1.165) is 17.8 Å². The molecule has 2 N–H and O–H groups in total. The van der Waals surface area contributed by atoms with Crippen LogP contribution in [0.15, 0.2) is 29.6 Å². The monoisotopic (exact) mass is 353 g/mol. The molecule has 0 fully saturated rings. The Hall–Kier alpha value is -1.43. The van der Waals surface area contributed by atoms with Gasteiger partial charge in [0.05, 0.1) is 5.01 Å². The van der Waals surface area contributed by atoms with Crippen LogP contribution in [0.5, 0.6) is 0 Å². The van der Waals surface area contributed by atoms with Crippen molar-refractivity contribution in [1.29, 1.82) is 0 Å². The molecular weight excluding hydrogens is 330 g/mol. The number of likely N-dealkylation sites (N-methyl/N-ethyl adjacent to an activating group) is 1. The van der Waals surface area contributed by atoms with Crippen molar-refractivity contribution in [3.05, 3.63) is 51.5 Å². The van der Waals surface area contributed by atoms with Gasteiger partial charge in [-0.2, -0.15) is 0 Å². The average Bonchev–Trinajstić information content (AvgIpc) is 2.97. The van der Waals surface area contributed by atoms with Crippen LogP contribution >= 0.6 is 23.7 Å². The number of nitrogens with two attached hydrogens (primary N) is 1. The Kier molecular flexibility index (Phi) is 7.68. The van der Waals surface area contributed by atoms with E-state index in [4.69, 9.17) is 5.73 Å². The predicted octanol–water partition coefficient (Wildman–Crippen LogP) is 3.08. The third-order valence-corrected chi connectivity index (χ3v) is 4.67. The molecule has 126 valence electrons. The van der Waals surface area contributed by atoms with Crippen molar-refractivity contribution in [3.8, 4) is 0 Å². The molecule has 0 aliphatic carbocycles. The maximum atomic E-state index is 12.5. The van der Waals surface area contributed by atoms with Crippen LogP contribution in [0.1, 0.15) is 33.5 Å². The van der Waals surface area contributed by atoms with E-state index in [1.165, 1.54) is 22.5 Å². The van der Waals surface area contributed by atoms with Crippen LogP contribution in [-0.4, -0.2) is 35.4 Å². The Morgan fingerprint density at radius 1 is 1.35 bits per heavy atom. The second-order valence-electron chi connectivity index (χ2n) is 5.62. The molecule has 1 atom stereocenters. The minimum absolute atomic E-state index is 0. The molecule has 0 radical (unpaired) electrons. The van der Waals surface area contributed by atoms with Crippen LogP contribution < -0.4 is 5.73 Å². The molecule has 1 amide bonds. The van der Waals surface area contributed by atoms with Gasteiger partial charge in [0.15, 0.2) is 0 Å². The lowest BCUT2D eigenvalue weighted by molar-refractivity contribution is 0.0738. The van der Waals surface area contributed by atoms with Crippen molar-refractivity contribution < 1.29 is 4.79 Å². The minimum atomic E-state index is -0.0286. The predicted molar refractivity (Wildman–Crippen MR) is 98.6 cm³/mol. The van der Waals surface area contributed by atoms with Crippen LogP contribution in [0, 0.1) is 6.92 Å². The number of amides is 1. The van der Waals surface area contributed by atoms with Crippen LogP contribution in [0.2, 0.25) is 0 Å². The molecule has 0 saturated carbocycles. The highest BCUT2D eigenvalue weighted by Crippen LogP contribution is 2.15. The summed E-state index contributed by atoms with van der Waals surface area (Å²) in [6.45, 7) is 4.69. The molecule has 0 aliphatic rings.